The monoisotopic (exact) mass is 452 g/mol. The number of phenolic OH excluding ortho intramolecular Hbond substituents is 1. The van der Waals surface area contributed by atoms with E-state index >= 15 is 0 Å². The quantitative estimate of drug-likeness (QED) is 0.207. The van der Waals surface area contributed by atoms with Gasteiger partial charge in [0.25, 0.3) is 0 Å². The number of aromatic hydroxyl groups is 1. The van der Waals surface area contributed by atoms with E-state index in [1.54, 1.807) is 26.0 Å². The molecule has 178 valence electrons. The largest absolute Gasteiger partial charge is 0.508 e. The molecule has 4 atom stereocenters. The number of phenols is 1. The Balaban J connectivity index is 2.60. The lowest BCUT2D eigenvalue weighted by Gasteiger charge is -2.24. The molecule has 0 aliphatic rings. The van der Waals surface area contributed by atoms with Crippen LogP contribution in [-0.2, 0) is 25.6 Å². The molecule has 0 heterocycles. The maximum atomic E-state index is 12.4. The molecule has 11 heteroatoms. The molecule has 32 heavy (non-hydrogen) atoms. The average Bonchev–Trinajstić information content (AvgIpc) is 2.70. The van der Waals surface area contributed by atoms with Crippen LogP contribution in [0.15, 0.2) is 24.3 Å². The normalized spacial score (nSPS) is 14.7. The molecule has 0 saturated carbocycles. The van der Waals surface area contributed by atoms with E-state index in [1.807, 2.05) is 0 Å². The summed E-state index contributed by atoms with van der Waals surface area (Å²) in [6.07, 6.45) is -0.949. The molecular formula is C21H32N4O7. The number of hydrogen-bond acceptors (Lipinski definition) is 7. The Morgan fingerprint density at radius 2 is 1.59 bits per heavy atom. The van der Waals surface area contributed by atoms with E-state index in [-0.39, 0.29) is 24.5 Å². The standard InChI is InChI=1S/C21H32N4O7/c1-11(2)8-16(21(31)32)24-20(30)18(12(3)26)25-17(28)10-23-19(29)15(22)9-13-4-6-14(27)7-5-13/h4-7,11-12,15-16,18,26-27H,8-10,22H2,1-3H3,(H,23,29)(H,24,30)(H,25,28)(H,31,32). The van der Waals surface area contributed by atoms with E-state index in [1.165, 1.54) is 19.1 Å². The second kappa shape index (κ2) is 12.6. The van der Waals surface area contributed by atoms with Gasteiger partial charge in [-0.15, -0.1) is 0 Å². The number of hydrogen-bond donors (Lipinski definition) is 7. The number of amides is 3. The van der Waals surface area contributed by atoms with Gasteiger partial charge in [-0.2, -0.15) is 0 Å². The van der Waals surface area contributed by atoms with Crippen molar-refractivity contribution in [1.29, 1.82) is 0 Å². The number of nitrogens with one attached hydrogen (secondary N) is 3. The van der Waals surface area contributed by atoms with Crippen LogP contribution in [0.4, 0.5) is 0 Å². The highest BCUT2D eigenvalue weighted by atomic mass is 16.4. The van der Waals surface area contributed by atoms with Gasteiger partial charge in [-0.25, -0.2) is 4.79 Å². The molecule has 1 rings (SSSR count). The zero-order chi connectivity index (χ0) is 24.4. The van der Waals surface area contributed by atoms with Crippen molar-refractivity contribution in [2.24, 2.45) is 11.7 Å². The van der Waals surface area contributed by atoms with E-state index in [9.17, 15) is 34.5 Å². The lowest BCUT2D eigenvalue weighted by Crippen LogP contribution is -2.57. The molecule has 0 fully saturated rings. The van der Waals surface area contributed by atoms with Crippen molar-refractivity contribution in [3.63, 3.8) is 0 Å². The Labute approximate surface area is 186 Å². The molecule has 0 saturated heterocycles. The zero-order valence-electron chi connectivity index (χ0n) is 18.4. The van der Waals surface area contributed by atoms with Gasteiger partial charge >= 0.3 is 5.97 Å². The van der Waals surface area contributed by atoms with Gasteiger partial charge in [0.2, 0.25) is 17.7 Å². The number of aliphatic hydroxyl groups excluding tert-OH is 1. The Morgan fingerprint density at radius 1 is 1.00 bits per heavy atom. The number of carboxylic acids is 1. The summed E-state index contributed by atoms with van der Waals surface area (Å²) in [5.74, 6) is -3.36. The third-order valence-corrected chi connectivity index (χ3v) is 4.55. The molecular weight excluding hydrogens is 420 g/mol. The minimum Gasteiger partial charge on any atom is -0.508 e. The first-order valence-electron chi connectivity index (χ1n) is 10.2. The summed E-state index contributed by atoms with van der Waals surface area (Å²) in [7, 11) is 0. The number of nitrogens with two attached hydrogens (primary N) is 1. The molecule has 3 amide bonds. The zero-order valence-corrected chi connectivity index (χ0v) is 18.4. The summed E-state index contributed by atoms with van der Waals surface area (Å²) in [5.41, 5.74) is 6.55. The fourth-order valence-electron chi connectivity index (χ4n) is 2.86. The third kappa shape index (κ3) is 9.31. The molecule has 0 aromatic heterocycles. The van der Waals surface area contributed by atoms with Crippen molar-refractivity contribution in [2.75, 3.05) is 6.54 Å². The van der Waals surface area contributed by atoms with Gasteiger partial charge in [0.15, 0.2) is 0 Å². The maximum absolute atomic E-state index is 12.4. The van der Waals surface area contributed by atoms with Crippen LogP contribution in [-0.4, -0.2) is 69.8 Å². The minimum absolute atomic E-state index is 0.00279. The van der Waals surface area contributed by atoms with Crippen LogP contribution in [0.2, 0.25) is 0 Å². The van der Waals surface area contributed by atoms with Crippen LogP contribution in [0, 0.1) is 5.92 Å². The number of carbonyl (C=O) groups is 4. The SMILES string of the molecule is CC(C)CC(NC(=O)C(NC(=O)CNC(=O)C(N)Cc1ccc(O)cc1)C(C)O)C(=O)O. The predicted molar refractivity (Wildman–Crippen MR) is 115 cm³/mol. The summed E-state index contributed by atoms with van der Waals surface area (Å²) < 4.78 is 0. The summed E-state index contributed by atoms with van der Waals surface area (Å²) in [4.78, 5) is 48.1. The number of aliphatic carboxylic acids is 1. The fraction of sp³-hybridized carbons (Fsp3) is 0.524. The average molecular weight is 453 g/mol. The summed E-state index contributed by atoms with van der Waals surface area (Å²) in [6.45, 7) is 4.37. The number of rotatable bonds is 12. The first-order chi connectivity index (χ1) is 14.9. The predicted octanol–water partition coefficient (Wildman–Crippen LogP) is -1.14. The maximum Gasteiger partial charge on any atom is 0.326 e. The van der Waals surface area contributed by atoms with Crippen LogP contribution in [0.25, 0.3) is 0 Å². The minimum atomic E-state index is -1.40. The molecule has 1 aromatic rings. The number of carboxylic acid groups (broad SMARTS) is 1. The summed E-state index contributed by atoms with van der Waals surface area (Å²) in [5, 5.41) is 35.3. The van der Waals surface area contributed by atoms with E-state index < -0.39 is 54.5 Å². The number of benzene rings is 1. The molecule has 1 aromatic carbocycles. The van der Waals surface area contributed by atoms with Gasteiger partial charge < -0.3 is 37.0 Å². The third-order valence-electron chi connectivity index (χ3n) is 4.55. The molecule has 8 N–H and O–H groups in total. The van der Waals surface area contributed by atoms with Crippen molar-refractivity contribution in [3.05, 3.63) is 29.8 Å². The van der Waals surface area contributed by atoms with Gasteiger partial charge in [0.05, 0.1) is 18.7 Å². The second-order valence-electron chi connectivity index (χ2n) is 8.01. The first kappa shape index (κ1) is 26.9. The fourth-order valence-corrected chi connectivity index (χ4v) is 2.86. The van der Waals surface area contributed by atoms with Crippen molar-refractivity contribution in [3.8, 4) is 5.75 Å². The van der Waals surface area contributed by atoms with Crippen LogP contribution in [0.5, 0.6) is 5.75 Å². The summed E-state index contributed by atoms with van der Waals surface area (Å²) in [6, 6.07) is 2.64. The highest BCUT2D eigenvalue weighted by Crippen LogP contribution is 2.11. The van der Waals surface area contributed by atoms with E-state index in [0.717, 1.165) is 5.56 Å². The molecule has 0 bridgehead atoms. The number of carbonyl (C=O) groups excluding carboxylic acids is 3. The van der Waals surface area contributed by atoms with Gasteiger partial charge in [-0.1, -0.05) is 26.0 Å². The van der Waals surface area contributed by atoms with Crippen molar-refractivity contribution < 1.29 is 34.5 Å². The van der Waals surface area contributed by atoms with Crippen LogP contribution in [0.1, 0.15) is 32.8 Å². The molecule has 0 aliphatic heterocycles. The van der Waals surface area contributed by atoms with Crippen molar-refractivity contribution in [1.82, 2.24) is 16.0 Å². The first-order valence-corrected chi connectivity index (χ1v) is 10.2. The van der Waals surface area contributed by atoms with Crippen molar-refractivity contribution in [2.45, 2.75) is 57.8 Å². The van der Waals surface area contributed by atoms with Gasteiger partial charge in [0, 0.05) is 0 Å². The highest BCUT2D eigenvalue weighted by Gasteiger charge is 2.30. The Bertz CT molecular complexity index is 796. The molecule has 0 spiro atoms. The molecule has 0 radical (unpaired) electrons. The smallest absolute Gasteiger partial charge is 0.326 e. The van der Waals surface area contributed by atoms with E-state index in [0.29, 0.717) is 0 Å². The van der Waals surface area contributed by atoms with E-state index in [2.05, 4.69) is 16.0 Å². The number of aliphatic hydroxyl groups is 1. The van der Waals surface area contributed by atoms with Gasteiger partial charge in [-0.05, 0) is 43.4 Å². The Morgan fingerprint density at radius 3 is 2.09 bits per heavy atom. The molecule has 0 aliphatic carbocycles. The van der Waals surface area contributed by atoms with Crippen LogP contribution in [0.3, 0.4) is 0 Å². The van der Waals surface area contributed by atoms with E-state index in [4.69, 9.17) is 5.73 Å². The van der Waals surface area contributed by atoms with Gasteiger partial charge in [-0.3, -0.25) is 14.4 Å². The van der Waals surface area contributed by atoms with Crippen molar-refractivity contribution >= 4 is 23.7 Å². The molecule has 4 unspecified atom stereocenters. The lowest BCUT2D eigenvalue weighted by atomic mass is 10.0. The lowest BCUT2D eigenvalue weighted by molar-refractivity contribution is -0.143. The Kier molecular flexibility index (Phi) is 10.6. The Hall–Kier alpha value is -3.18. The summed E-state index contributed by atoms with van der Waals surface area (Å²) >= 11 is 0. The van der Waals surface area contributed by atoms with Crippen LogP contribution >= 0.6 is 0 Å². The highest BCUT2D eigenvalue weighted by molar-refractivity contribution is 5.92. The topological polar surface area (TPSA) is 191 Å². The van der Waals surface area contributed by atoms with Gasteiger partial charge in [0.1, 0.15) is 17.8 Å². The second-order valence-corrected chi connectivity index (χ2v) is 8.01. The molecule has 11 nitrogen and oxygen atoms in total. The van der Waals surface area contributed by atoms with Crippen LogP contribution < -0.4 is 21.7 Å².